The zero-order valence-electron chi connectivity index (χ0n) is 29.0. The summed E-state index contributed by atoms with van der Waals surface area (Å²) in [5.74, 6) is 1.93. The van der Waals surface area contributed by atoms with Crippen molar-refractivity contribution in [1.82, 2.24) is 19.5 Å². The molecule has 0 saturated carbocycles. The number of thiophene rings is 1. The molecule has 0 fully saturated rings. The van der Waals surface area contributed by atoms with Crippen molar-refractivity contribution in [2.24, 2.45) is 0 Å². The largest absolute Gasteiger partial charge is 0.309 e. The summed E-state index contributed by atoms with van der Waals surface area (Å²) in [6, 6.07) is 64.4. The first-order chi connectivity index (χ1) is 26.8. The zero-order valence-corrected chi connectivity index (χ0v) is 29.8. The summed E-state index contributed by atoms with van der Waals surface area (Å²) < 4.78 is 4.80. The molecule has 0 aliphatic rings. The van der Waals surface area contributed by atoms with E-state index in [1.165, 1.54) is 48.1 Å². The molecule has 252 valence electrons. The molecule has 0 unspecified atom stereocenters. The SMILES string of the molecule is c1ccc(-c2ccc(-c3nc(-c4ccccc4)nc(-c4cc(-n5c6ccccc6c6c7ccccc7ccc65)cc5c4sc4ccccc45)n3)cc2)cc1. The first kappa shape index (κ1) is 30.7. The van der Waals surface area contributed by atoms with E-state index >= 15 is 0 Å². The van der Waals surface area contributed by atoms with E-state index in [4.69, 9.17) is 15.0 Å². The number of benzene rings is 8. The number of nitrogens with zero attached hydrogens (tertiary/aromatic N) is 4. The van der Waals surface area contributed by atoms with Crippen LogP contribution in [-0.2, 0) is 0 Å². The Morgan fingerprint density at radius 1 is 0.389 bits per heavy atom. The predicted octanol–water partition coefficient (Wildman–Crippen LogP) is 13.2. The average molecular weight is 707 g/mol. The van der Waals surface area contributed by atoms with Crippen LogP contribution in [0.2, 0.25) is 0 Å². The second-order valence-electron chi connectivity index (χ2n) is 13.6. The number of aromatic nitrogens is 4. The topological polar surface area (TPSA) is 43.6 Å². The molecule has 0 spiro atoms. The van der Waals surface area contributed by atoms with Crippen LogP contribution in [0.5, 0.6) is 0 Å². The molecule has 11 rings (SSSR count). The Labute approximate surface area is 315 Å². The lowest BCUT2D eigenvalue weighted by Gasteiger charge is -2.13. The molecule has 0 N–H and O–H groups in total. The molecule has 0 aliphatic carbocycles. The second kappa shape index (κ2) is 12.3. The second-order valence-corrected chi connectivity index (χ2v) is 14.7. The fourth-order valence-electron chi connectivity index (χ4n) is 7.91. The van der Waals surface area contributed by atoms with Crippen LogP contribution >= 0.6 is 11.3 Å². The molecule has 0 saturated heterocycles. The highest BCUT2D eigenvalue weighted by Crippen LogP contribution is 2.44. The first-order valence-corrected chi connectivity index (χ1v) is 18.9. The van der Waals surface area contributed by atoms with Gasteiger partial charge in [-0.2, -0.15) is 0 Å². The Balaban J connectivity index is 1.19. The third-order valence-electron chi connectivity index (χ3n) is 10.4. The van der Waals surface area contributed by atoms with Gasteiger partial charge in [-0.1, -0.05) is 152 Å². The Morgan fingerprint density at radius 3 is 1.74 bits per heavy atom. The van der Waals surface area contributed by atoms with Gasteiger partial charge in [-0.15, -0.1) is 11.3 Å². The van der Waals surface area contributed by atoms with Crippen LogP contribution in [0.25, 0.3) is 104 Å². The van der Waals surface area contributed by atoms with Gasteiger partial charge in [0, 0.05) is 53.3 Å². The third kappa shape index (κ3) is 4.94. The van der Waals surface area contributed by atoms with Gasteiger partial charge in [-0.25, -0.2) is 15.0 Å². The molecule has 11 aromatic rings. The van der Waals surface area contributed by atoms with E-state index in [0.29, 0.717) is 17.5 Å². The molecule has 3 heterocycles. The maximum Gasteiger partial charge on any atom is 0.165 e. The fourth-order valence-corrected chi connectivity index (χ4v) is 9.10. The lowest BCUT2D eigenvalue weighted by molar-refractivity contribution is 1.07. The molecule has 0 aliphatic heterocycles. The van der Waals surface area contributed by atoms with Gasteiger partial charge in [-0.3, -0.25) is 0 Å². The monoisotopic (exact) mass is 706 g/mol. The number of hydrogen-bond acceptors (Lipinski definition) is 4. The van der Waals surface area contributed by atoms with Crippen LogP contribution in [-0.4, -0.2) is 19.5 Å². The molecule has 0 atom stereocenters. The quantitative estimate of drug-likeness (QED) is 0.179. The standard InChI is InChI=1S/C49H30N4S/c1-3-13-31(14-4-1)32-23-25-35(26-24-32)48-50-47(34-16-5-2-6-17-34)51-49(52-48)41-30-36(29-40-38-19-10-12-22-44(38)54-46(40)41)53-42-21-11-9-20-39(42)45-37-18-8-7-15-33(37)27-28-43(45)53/h1-30H. The van der Waals surface area contributed by atoms with E-state index in [1.807, 2.05) is 24.3 Å². The first-order valence-electron chi connectivity index (χ1n) is 18.1. The van der Waals surface area contributed by atoms with Crippen LogP contribution < -0.4 is 0 Å². The highest BCUT2D eigenvalue weighted by atomic mass is 32.1. The van der Waals surface area contributed by atoms with Crippen LogP contribution in [0.15, 0.2) is 182 Å². The van der Waals surface area contributed by atoms with Crippen molar-refractivity contribution in [2.75, 3.05) is 0 Å². The van der Waals surface area contributed by atoms with Crippen LogP contribution in [0.4, 0.5) is 0 Å². The molecular weight excluding hydrogens is 677 g/mol. The van der Waals surface area contributed by atoms with Gasteiger partial charge in [0.2, 0.25) is 0 Å². The summed E-state index contributed by atoms with van der Waals surface area (Å²) in [4.78, 5) is 15.6. The molecule has 0 amide bonds. The van der Waals surface area contributed by atoms with Crippen molar-refractivity contribution in [3.63, 3.8) is 0 Å². The van der Waals surface area contributed by atoms with Gasteiger partial charge in [0.25, 0.3) is 0 Å². The number of fused-ring (bicyclic) bond motifs is 8. The molecule has 54 heavy (non-hydrogen) atoms. The fraction of sp³-hybridized carbons (Fsp3) is 0. The van der Waals surface area contributed by atoms with Gasteiger partial charge in [0.15, 0.2) is 17.5 Å². The van der Waals surface area contributed by atoms with Crippen molar-refractivity contribution < 1.29 is 0 Å². The Hall–Kier alpha value is -6.95. The molecular formula is C49H30N4S. The van der Waals surface area contributed by atoms with E-state index in [1.54, 1.807) is 11.3 Å². The van der Waals surface area contributed by atoms with Crippen molar-refractivity contribution in [3.05, 3.63) is 182 Å². The minimum Gasteiger partial charge on any atom is -0.309 e. The number of hydrogen-bond donors (Lipinski definition) is 0. The van der Waals surface area contributed by atoms with Crippen molar-refractivity contribution in [3.8, 4) is 51.0 Å². The minimum atomic E-state index is 0.640. The van der Waals surface area contributed by atoms with Gasteiger partial charge < -0.3 is 4.57 Å². The predicted molar refractivity (Wildman–Crippen MR) is 226 cm³/mol. The van der Waals surface area contributed by atoms with E-state index in [9.17, 15) is 0 Å². The summed E-state index contributed by atoms with van der Waals surface area (Å²) in [5.41, 5.74) is 8.58. The molecule has 0 radical (unpaired) electrons. The maximum atomic E-state index is 5.29. The Morgan fingerprint density at radius 2 is 0.963 bits per heavy atom. The zero-order chi connectivity index (χ0) is 35.6. The Bertz CT molecular complexity index is 3200. The molecule has 5 heteroatoms. The van der Waals surface area contributed by atoms with Crippen LogP contribution in [0, 0.1) is 0 Å². The van der Waals surface area contributed by atoms with Gasteiger partial charge in [0.05, 0.1) is 11.0 Å². The maximum absolute atomic E-state index is 5.29. The van der Waals surface area contributed by atoms with Gasteiger partial charge in [-0.05, 0) is 52.2 Å². The summed E-state index contributed by atoms with van der Waals surface area (Å²) in [7, 11) is 0. The molecule has 4 nitrogen and oxygen atoms in total. The molecule has 0 bridgehead atoms. The van der Waals surface area contributed by atoms with Crippen molar-refractivity contribution in [1.29, 1.82) is 0 Å². The summed E-state index contributed by atoms with van der Waals surface area (Å²) >= 11 is 1.79. The smallest absolute Gasteiger partial charge is 0.165 e. The summed E-state index contributed by atoms with van der Waals surface area (Å²) in [5, 5.41) is 7.38. The van der Waals surface area contributed by atoms with E-state index in [-0.39, 0.29) is 0 Å². The highest BCUT2D eigenvalue weighted by Gasteiger charge is 2.21. The normalized spacial score (nSPS) is 11.7. The number of rotatable bonds is 5. The van der Waals surface area contributed by atoms with E-state index < -0.39 is 0 Å². The lowest BCUT2D eigenvalue weighted by Crippen LogP contribution is -2.01. The lowest BCUT2D eigenvalue weighted by atomic mass is 10.0. The number of para-hydroxylation sites is 1. The van der Waals surface area contributed by atoms with Crippen LogP contribution in [0.1, 0.15) is 0 Å². The summed E-state index contributed by atoms with van der Waals surface area (Å²) in [6.07, 6.45) is 0. The van der Waals surface area contributed by atoms with Gasteiger partial charge in [0.1, 0.15) is 0 Å². The van der Waals surface area contributed by atoms with Crippen molar-refractivity contribution in [2.45, 2.75) is 0 Å². The van der Waals surface area contributed by atoms with Crippen LogP contribution in [0.3, 0.4) is 0 Å². The molecule has 8 aromatic carbocycles. The third-order valence-corrected chi connectivity index (χ3v) is 11.7. The highest BCUT2D eigenvalue weighted by molar-refractivity contribution is 7.26. The summed E-state index contributed by atoms with van der Waals surface area (Å²) in [6.45, 7) is 0. The minimum absolute atomic E-state index is 0.640. The van der Waals surface area contributed by atoms with E-state index in [0.717, 1.165) is 38.2 Å². The van der Waals surface area contributed by atoms with Crippen molar-refractivity contribution >= 4 is 64.1 Å². The average Bonchev–Trinajstić information content (AvgIpc) is 3.80. The Kier molecular flexibility index (Phi) is 7.00. The van der Waals surface area contributed by atoms with Gasteiger partial charge >= 0.3 is 0 Å². The van der Waals surface area contributed by atoms with E-state index in [2.05, 4.69) is 162 Å². The molecule has 3 aromatic heterocycles.